The highest BCUT2D eigenvalue weighted by Gasteiger charge is 2.31. The normalized spacial score (nSPS) is 15.3. The SMILES string of the molecule is COc1cccc(NC(=O)O/N=C2/CCCc3c(S(=O)(=O)N(C)CC(O)c4ccc(F)cc4)csc32)c1. The monoisotopic (exact) mass is 547 g/mol. The van der Waals surface area contributed by atoms with Crippen LogP contribution < -0.4 is 10.1 Å². The molecule has 1 aliphatic carbocycles. The smallest absolute Gasteiger partial charge is 0.437 e. The van der Waals surface area contributed by atoms with E-state index in [1.807, 2.05) is 0 Å². The summed E-state index contributed by atoms with van der Waals surface area (Å²) in [4.78, 5) is 18.1. The van der Waals surface area contributed by atoms with Crippen molar-refractivity contribution in [3.8, 4) is 5.75 Å². The van der Waals surface area contributed by atoms with Gasteiger partial charge in [0.15, 0.2) is 0 Å². The summed E-state index contributed by atoms with van der Waals surface area (Å²) in [5, 5.41) is 18.6. The van der Waals surface area contributed by atoms with Crippen molar-refractivity contribution < 1.29 is 32.3 Å². The van der Waals surface area contributed by atoms with Crippen molar-refractivity contribution in [2.45, 2.75) is 30.3 Å². The number of hydrogen-bond acceptors (Lipinski definition) is 8. The predicted octanol–water partition coefficient (Wildman–Crippen LogP) is 4.54. The van der Waals surface area contributed by atoms with E-state index in [1.54, 1.807) is 24.3 Å². The molecular formula is C25H26FN3O6S2. The number of carbonyl (C=O) groups is 1. The number of fused-ring (bicyclic) bond motifs is 1. The van der Waals surface area contributed by atoms with E-state index in [0.29, 0.717) is 52.4 Å². The molecule has 9 nitrogen and oxygen atoms in total. The number of halogens is 1. The van der Waals surface area contributed by atoms with E-state index in [2.05, 4.69) is 10.5 Å². The average Bonchev–Trinajstić information content (AvgIpc) is 3.33. The first kappa shape index (κ1) is 26.7. The molecule has 0 saturated carbocycles. The van der Waals surface area contributed by atoms with Crippen LogP contribution in [-0.4, -0.2) is 50.3 Å². The summed E-state index contributed by atoms with van der Waals surface area (Å²) in [5.41, 5.74) is 1.98. The molecule has 3 aromatic rings. The molecule has 2 aromatic carbocycles. The van der Waals surface area contributed by atoms with Gasteiger partial charge in [0.2, 0.25) is 10.0 Å². The van der Waals surface area contributed by atoms with Gasteiger partial charge in [-0.05, 0) is 54.7 Å². The fraction of sp³-hybridized carbons (Fsp3) is 0.280. The fourth-order valence-corrected chi connectivity index (χ4v) is 6.81. The Morgan fingerprint density at radius 2 is 2.00 bits per heavy atom. The van der Waals surface area contributed by atoms with Crippen LogP contribution in [0.3, 0.4) is 0 Å². The van der Waals surface area contributed by atoms with Crippen LogP contribution in [0.2, 0.25) is 0 Å². The molecule has 1 aromatic heterocycles. The van der Waals surface area contributed by atoms with Crippen molar-refractivity contribution in [1.82, 2.24) is 4.31 Å². The molecule has 1 heterocycles. The van der Waals surface area contributed by atoms with Gasteiger partial charge in [-0.3, -0.25) is 10.2 Å². The van der Waals surface area contributed by atoms with Crippen molar-refractivity contribution in [1.29, 1.82) is 0 Å². The topological polar surface area (TPSA) is 118 Å². The van der Waals surface area contributed by atoms with Crippen molar-refractivity contribution in [3.05, 3.63) is 75.7 Å². The zero-order valence-electron chi connectivity index (χ0n) is 20.2. The number of benzene rings is 2. The number of amides is 1. The fourth-order valence-electron chi connectivity index (χ4n) is 3.93. The maximum atomic E-state index is 13.3. The van der Waals surface area contributed by atoms with Crippen LogP contribution in [-0.2, 0) is 21.3 Å². The number of rotatable bonds is 8. The third-order valence-corrected chi connectivity index (χ3v) is 9.00. The maximum Gasteiger partial charge on any atom is 0.437 e. The molecule has 0 fully saturated rings. The minimum absolute atomic E-state index is 0.134. The number of nitrogens with zero attached hydrogens (tertiary/aromatic N) is 2. The number of thiophene rings is 1. The lowest BCUT2D eigenvalue weighted by Crippen LogP contribution is -2.31. The summed E-state index contributed by atoms with van der Waals surface area (Å²) in [6.07, 6.45) is -0.223. The van der Waals surface area contributed by atoms with Crippen molar-refractivity contribution >= 4 is 38.9 Å². The number of ether oxygens (including phenoxy) is 1. The van der Waals surface area contributed by atoms with Gasteiger partial charge in [-0.25, -0.2) is 17.6 Å². The van der Waals surface area contributed by atoms with E-state index < -0.39 is 28.0 Å². The number of likely N-dealkylation sites (N-methyl/N-ethyl adjacent to an activating group) is 1. The van der Waals surface area contributed by atoms with Crippen LogP contribution in [0.5, 0.6) is 5.75 Å². The molecule has 1 aliphatic rings. The second-order valence-electron chi connectivity index (χ2n) is 8.39. The molecule has 196 valence electrons. The highest BCUT2D eigenvalue weighted by atomic mass is 32.2. The van der Waals surface area contributed by atoms with Gasteiger partial charge in [-0.15, -0.1) is 11.3 Å². The zero-order chi connectivity index (χ0) is 26.6. The molecule has 1 atom stereocenters. The highest BCUT2D eigenvalue weighted by molar-refractivity contribution is 7.89. The molecule has 1 unspecified atom stereocenters. The number of aliphatic hydroxyl groups is 1. The Balaban J connectivity index is 1.47. The number of carbonyl (C=O) groups excluding carboxylic acids is 1. The van der Waals surface area contributed by atoms with E-state index in [1.165, 1.54) is 55.1 Å². The number of oxime groups is 1. The van der Waals surface area contributed by atoms with Gasteiger partial charge < -0.3 is 9.84 Å². The Morgan fingerprint density at radius 3 is 2.73 bits per heavy atom. The summed E-state index contributed by atoms with van der Waals surface area (Å²) in [7, 11) is -1.02. The molecule has 0 bridgehead atoms. The lowest BCUT2D eigenvalue weighted by molar-refractivity contribution is 0.155. The van der Waals surface area contributed by atoms with Gasteiger partial charge in [-0.2, -0.15) is 4.31 Å². The third kappa shape index (κ3) is 6.16. The van der Waals surface area contributed by atoms with Crippen LogP contribution >= 0.6 is 11.3 Å². The number of sulfonamides is 1. The summed E-state index contributed by atoms with van der Waals surface area (Å²) in [6.45, 7) is -0.201. The van der Waals surface area contributed by atoms with Gasteiger partial charge >= 0.3 is 6.09 Å². The molecule has 1 amide bonds. The molecule has 4 rings (SSSR count). The first-order chi connectivity index (χ1) is 17.7. The molecular weight excluding hydrogens is 521 g/mol. The molecule has 37 heavy (non-hydrogen) atoms. The summed E-state index contributed by atoms with van der Waals surface area (Å²) < 4.78 is 46.0. The third-order valence-electron chi connectivity index (χ3n) is 5.89. The van der Waals surface area contributed by atoms with Crippen molar-refractivity contribution in [2.24, 2.45) is 5.16 Å². The lowest BCUT2D eigenvalue weighted by Gasteiger charge is -2.22. The number of nitrogens with one attached hydrogen (secondary N) is 1. The largest absolute Gasteiger partial charge is 0.497 e. The Morgan fingerprint density at radius 1 is 1.24 bits per heavy atom. The van der Waals surface area contributed by atoms with E-state index in [9.17, 15) is 22.7 Å². The Hall–Kier alpha value is -3.32. The second-order valence-corrected chi connectivity index (χ2v) is 11.3. The minimum Gasteiger partial charge on any atom is -0.497 e. The Kier molecular flexibility index (Phi) is 8.22. The van der Waals surface area contributed by atoms with E-state index >= 15 is 0 Å². The van der Waals surface area contributed by atoms with Crippen LogP contribution in [0, 0.1) is 5.82 Å². The molecule has 0 aliphatic heterocycles. The first-order valence-electron chi connectivity index (χ1n) is 11.4. The Bertz CT molecular complexity index is 1410. The number of anilines is 1. The first-order valence-corrected chi connectivity index (χ1v) is 13.7. The van der Waals surface area contributed by atoms with E-state index in [4.69, 9.17) is 9.57 Å². The molecule has 2 N–H and O–H groups in total. The van der Waals surface area contributed by atoms with Gasteiger partial charge in [-0.1, -0.05) is 23.4 Å². The quantitative estimate of drug-likeness (QED) is 0.316. The maximum absolute atomic E-state index is 13.3. The van der Waals surface area contributed by atoms with Crippen molar-refractivity contribution in [2.75, 3.05) is 26.0 Å². The predicted molar refractivity (Wildman–Crippen MR) is 138 cm³/mol. The number of hydrogen-bond donors (Lipinski definition) is 2. The van der Waals surface area contributed by atoms with Crippen LogP contribution in [0.15, 0.2) is 64.0 Å². The summed E-state index contributed by atoms with van der Waals surface area (Å²) in [5.74, 6) is 0.129. The van der Waals surface area contributed by atoms with E-state index in [-0.39, 0.29) is 11.4 Å². The molecule has 0 radical (unpaired) electrons. The number of methoxy groups -OCH3 is 1. The Labute approximate surface area is 218 Å². The van der Waals surface area contributed by atoms with E-state index in [0.717, 1.165) is 4.31 Å². The van der Waals surface area contributed by atoms with Gasteiger partial charge in [0.25, 0.3) is 0 Å². The van der Waals surface area contributed by atoms with Gasteiger partial charge in [0.1, 0.15) is 11.6 Å². The number of aliphatic hydroxyl groups excluding tert-OH is 1. The van der Waals surface area contributed by atoms with Gasteiger partial charge in [0.05, 0.1) is 28.7 Å². The summed E-state index contributed by atoms with van der Waals surface area (Å²) >= 11 is 1.21. The summed E-state index contributed by atoms with van der Waals surface area (Å²) in [6, 6.07) is 12.0. The average molecular weight is 548 g/mol. The van der Waals surface area contributed by atoms with Crippen LogP contribution in [0.4, 0.5) is 14.9 Å². The van der Waals surface area contributed by atoms with Crippen LogP contribution in [0.1, 0.15) is 34.9 Å². The van der Waals surface area contributed by atoms with Gasteiger partial charge in [0, 0.05) is 30.7 Å². The minimum atomic E-state index is -3.93. The van der Waals surface area contributed by atoms with Crippen LogP contribution in [0.25, 0.3) is 0 Å². The molecule has 12 heteroatoms. The zero-order valence-corrected chi connectivity index (χ0v) is 21.8. The molecule has 0 spiro atoms. The second kappa shape index (κ2) is 11.4. The molecule has 0 saturated heterocycles. The lowest BCUT2D eigenvalue weighted by atomic mass is 9.98. The van der Waals surface area contributed by atoms with Crippen molar-refractivity contribution in [3.63, 3.8) is 0 Å². The highest BCUT2D eigenvalue weighted by Crippen LogP contribution is 2.35. The standard InChI is InChI=1S/C25H26FN3O6S2/c1-29(14-22(30)16-9-11-17(26)12-10-16)37(32,33)23-15-36-24-20(23)7-4-8-21(24)28-35-25(31)27-18-5-3-6-19(13-18)34-2/h3,5-6,9-13,15,22,30H,4,7-8,14H2,1-2H3,(H,27,31)/b28-21-.